The van der Waals surface area contributed by atoms with Gasteiger partial charge in [-0.05, 0) is 45.4 Å². The number of carbonyl (C=O) groups excluding carboxylic acids is 1. The molecule has 1 heterocycles. The fourth-order valence-electron chi connectivity index (χ4n) is 2.36. The highest BCUT2D eigenvalue weighted by Crippen LogP contribution is 2.35. The summed E-state index contributed by atoms with van der Waals surface area (Å²) in [4.78, 5) is 16.3. The van der Waals surface area contributed by atoms with E-state index >= 15 is 0 Å². The molecule has 0 fully saturated rings. The predicted octanol–water partition coefficient (Wildman–Crippen LogP) is 2.90. The predicted molar refractivity (Wildman–Crippen MR) is 85.9 cm³/mol. The Morgan fingerprint density at radius 2 is 1.95 bits per heavy atom. The van der Waals surface area contributed by atoms with Crippen molar-refractivity contribution in [1.29, 1.82) is 0 Å². The van der Waals surface area contributed by atoms with Crippen molar-refractivity contribution in [2.45, 2.75) is 39.3 Å². The highest BCUT2D eigenvalue weighted by Gasteiger charge is 2.29. The van der Waals surface area contributed by atoms with Crippen molar-refractivity contribution < 1.29 is 9.53 Å². The van der Waals surface area contributed by atoms with E-state index in [1.54, 1.807) is 4.90 Å². The molecule has 1 aliphatic rings. The van der Waals surface area contributed by atoms with Gasteiger partial charge < -0.3 is 15.4 Å². The summed E-state index contributed by atoms with van der Waals surface area (Å²) in [5.74, 6) is 0. The van der Waals surface area contributed by atoms with Crippen molar-refractivity contribution in [1.82, 2.24) is 0 Å². The van der Waals surface area contributed by atoms with Crippen LogP contribution in [-0.4, -0.2) is 31.8 Å². The molecule has 1 aromatic rings. The first-order valence-corrected chi connectivity index (χ1v) is 7.30. The summed E-state index contributed by atoms with van der Waals surface area (Å²) in [7, 11) is 2.02. The number of anilines is 2. The maximum Gasteiger partial charge on any atom is 0.414 e. The summed E-state index contributed by atoms with van der Waals surface area (Å²) < 4.78 is 5.51. The number of nitrogens with two attached hydrogens (primary N) is 1. The van der Waals surface area contributed by atoms with Gasteiger partial charge in [-0.15, -0.1) is 0 Å². The zero-order valence-corrected chi connectivity index (χ0v) is 13.5. The topological polar surface area (TPSA) is 58.8 Å². The van der Waals surface area contributed by atoms with Crippen LogP contribution in [0.3, 0.4) is 0 Å². The molecule has 21 heavy (non-hydrogen) atoms. The molecule has 0 radical (unpaired) electrons. The normalized spacial score (nSPS) is 16.5. The Balaban J connectivity index is 2.37. The monoisotopic (exact) mass is 291 g/mol. The number of ether oxygens (including phenoxy) is 1. The van der Waals surface area contributed by atoms with Gasteiger partial charge in [0.05, 0.1) is 11.4 Å². The molecule has 116 valence electrons. The second-order valence-corrected chi connectivity index (χ2v) is 6.59. The van der Waals surface area contributed by atoms with E-state index in [-0.39, 0.29) is 12.1 Å². The van der Waals surface area contributed by atoms with Gasteiger partial charge in [0.15, 0.2) is 0 Å². The largest absolute Gasteiger partial charge is 0.443 e. The van der Waals surface area contributed by atoms with Crippen LogP contribution in [0.2, 0.25) is 0 Å². The van der Waals surface area contributed by atoms with Crippen LogP contribution in [0.5, 0.6) is 0 Å². The Kier molecular flexibility index (Phi) is 4.14. The zero-order chi connectivity index (χ0) is 15.8. The van der Waals surface area contributed by atoms with Gasteiger partial charge in [0, 0.05) is 26.2 Å². The molecule has 1 aliphatic heterocycles. The molecule has 0 saturated heterocycles. The number of amides is 1. The second-order valence-electron chi connectivity index (χ2n) is 6.59. The van der Waals surface area contributed by atoms with Crippen LogP contribution in [0.1, 0.15) is 39.3 Å². The lowest BCUT2D eigenvalue weighted by molar-refractivity contribution is 0.0580. The number of hydrogen-bond acceptors (Lipinski definition) is 4. The van der Waals surface area contributed by atoms with Gasteiger partial charge in [-0.3, -0.25) is 4.90 Å². The molecule has 1 amide bonds. The van der Waals surface area contributed by atoms with E-state index < -0.39 is 5.60 Å². The Bertz CT molecular complexity index is 535. The lowest BCUT2D eigenvalue weighted by atomic mass is 10.0. The molecule has 5 heteroatoms. The first kappa shape index (κ1) is 15.6. The van der Waals surface area contributed by atoms with Crippen LogP contribution in [0.15, 0.2) is 18.2 Å². The minimum Gasteiger partial charge on any atom is -0.443 e. The number of hydrogen-bond donors (Lipinski definition) is 1. The van der Waals surface area contributed by atoms with Gasteiger partial charge in [0.25, 0.3) is 0 Å². The lowest BCUT2D eigenvalue weighted by Gasteiger charge is -2.36. The Morgan fingerprint density at radius 1 is 1.29 bits per heavy atom. The zero-order valence-electron chi connectivity index (χ0n) is 13.5. The van der Waals surface area contributed by atoms with Crippen molar-refractivity contribution in [2.24, 2.45) is 5.73 Å². The number of likely N-dealkylation sites (N-methyl/N-ethyl adjacent to an activating group) is 1. The molecule has 1 aromatic carbocycles. The molecule has 0 saturated carbocycles. The lowest BCUT2D eigenvalue weighted by Crippen LogP contribution is -2.45. The van der Waals surface area contributed by atoms with E-state index in [4.69, 9.17) is 10.5 Å². The third-order valence-electron chi connectivity index (χ3n) is 3.50. The van der Waals surface area contributed by atoms with Crippen LogP contribution in [-0.2, 0) is 4.74 Å². The summed E-state index contributed by atoms with van der Waals surface area (Å²) in [6.45, 7) is 8.96. The Hall–Kier alpha value is -1.75. The third-order valence-corrected chi connectivity index (χ3v) is 3.50. The van der Waals surface area contributed by atoms with Crippen molar-refractivity contribution >= 4 is 17.5 Å². The van der Waals surface area contributed by atoms with Gasteiger partial charge in [-0.1, -0.05) is 6.07 Å². The van der Waals surface area contributed by atoms with Gasteiger partial charge in [0.1, 0.15) is 5.60 Å². The fraction of sp³-hybridized carbons (Fsp3) is 0.562. The first-order valence-electron chi connectivity index (χ1n) is 7.30. The van der Waals surface area contributed by atoms with Crippen molar-refractivity contribution in [3.8, 4) is 0 Å². The first-order chi connectivity index (χ1) is 9.69. The molecular weight excluding hydrogens is 266 g/mol. The van der Waals surface area contributed by atoms with Crippen LogP contribution in [0, 0.1) is 0 Å². The number of fused-ring (bicyclic) bond motifs is 1. The molecule has 0 bridgehead atoms. The maximum absolute atomic E-state index is 12.4. The van der Waals surface area contributed by atoms with Crippen LogP contribution in [0.4, 0.5) is 16.2 Å². The molecule has 1 atom stereocenters. The van der Waals surface area contributed by atoms with E-state index in [9.17, 15) is 4.79 Å². The van der Waals surface area contributed by atoms with Gasteiger partial charge >= 0.3 is 6.09 Å². The molecule has 0 aromatic heterocycles. The minimum atomic E-state index is -0.501. The van der Waals surface area contributed by atoms with E-state index in [1.807, 2.05) is 52.9 Å². The second kappa shape index (κ2) is 5.56. The quantitative estimate of drug-likeness (QED) is 0.864. The van der Waals surface area contributed by atoms with E-state index in [0.717, 1.165) is 23.5 Å². The van der Waals surface area contributed by atoms with E-state index in [0.29, 0.717) is 6.54 Å². The highest BCUT2D eigenvalue weighted by atomic mass is 16.6. The summed E-state index contributed by atoms with van der Waals surface area (Å²) in [5.41, 5.74) is 8.36. The summed E-state index contributed by atoms with van der Waals surface area (Å²) >= 11 is 0. The standard InChI is InChI=1S/C16H25N3O2/c1-11(17)12-6-7-13-14(10-12)19(9-8-18(13)5)15(20)21-16(2,3)4/h6-7,10-11H,8-9,17H2,1-5H3. The molecule has 2 rings (SSSR count). The molecule has 1 unspecified atom stereocenters. The molecule has 2 N–H and O–H groups in total. The summed E-state index contributed by atoms with van der Waals surface area (Å²) in [6.07, 6.45) is -0.307. The fourth-order valence-corrected chi connectivity index (χ4v) is 2.36. The summed E-state index contributed by atoms with van der Waals surface area (Å²) in [6, 6.07) is 5.95. The Labute approximate surface area is 126 Å². The number of rotatable bonds is 1. The average Bonchev–Trinajstić information content (AvgIpc) is 2.36. The molecular formula is C16H25N3O2. The van der Waals surface area contributed by atoms with Gasteiger partial charge in [0.2, 0.25) is 0 Å². The van der Waals surface area contributed by atoms with Gasteiger partial charge in [-0.25, -0.2) is 4.79 Å². The Morgan fingerprint density at radius 3 is 2.52 bits per heavy atom. The highest BCUT2D eigenvalue weighted by molar-refractivity contribution is 5.94. The SMILES string of the molecule is CC(N)c1ccc2c(c1)N(C(=O)OC(C)(C)C)CCN2C. The average molecular weight is 291 g/mol. The number of benzene rings is 1. The van der Waals surface area contributed by atoms with E-state index in [2.05, 4.69) is 4.90 Å². The number of nitrogens with zero attached hydrogens (tertiary/aromatic N) is 2. The molecule has 0 aliphatic carbocycles. The van der Waals surface area contributed by atoms with Gasteiger partial charge in [-0.2, -0.15) is 0 Å². The van der Waals surface area contributed by atoms with Crippen LogP contribution < -0.4 is 15.5 Å². The van der Waals surface area contributed by atoms with Crippen LogP contribution in [0.25, 0.3) is 0 Å². The smallest absolute Gasteiger partial charge is 0.414 e. The van der Waals surface area contributed by atoms with Crippen molar-refractivity contribution in [2.75, 3.05) is 29.9 Å². The number of carbonyl (C=O) groups is 1. The third kappa shape index (κ3) is 3.47. The van der Waals surface area contributed by atoms with E-state index in [1.165, 1.54) is 0 Å². The molecule has 0 spiro atoms. The minimum absolute atomic E-state index is 0.0666. The van der Waals surface area contributed by atoms with Crippen molar-refractivity contribution in [3.63, 3.8) is 0 Å². The van der Waals surface area contributed by atoms with Crippen molar-refractivity contribution in [3.05, 3.63) is 23.8 Å². The van der Waals surface area contributed by atoms with Crippen LogP contribution >= 0.6 is 0 Å². The maximum atomic E-state index is 12.4. The molecule has 5 nitrogen and oxygen atoms in total. The summed E-state index contributed by atoms with van der Waals surface area (Å²) in [5, 5.41) is 0.